The van der Waals surface area contributed by atoms with Crippen LogP contribution in [0.3, 0.4) is 0 Å². The van der Waals surface area contributed by atoms with Gasteiger partial charge in [-0.2, -0.15) is 0 Å². The Labute approximate surface area is 188 Å². The van der Waals surface area contributed by atoms with Crippen molar-refractivity contribution >= 4 is 33.8 Å². The number of methoxy groups -OCH3 is 1. The van der Waals surface area contributed by atoms with E-state index in [9.17, 15) is 9.59 Å². The summed E-state index contributed by atoms with van der Waals surface area (Å²) < 4.78 is 5.38. The first kappa shape index (κ1) is 21.8. The summed E-state index contributed by atoms with van der Waals surface area (Å²) in [5.74, 6) is 0.383. The molecule has 1 aliphatic carbocycles. The number of aryl methyl sites for hydroxylation is 1. The summed E-state index contributed by atoms with van der Waals surface area (Å²) >= 11 is 1.56. The van der Waals surface area contributed by atoms with Crippen LogP contribution in [0, 0.1) is 0 Å². The van der Waals surface area contributed by atoms with E-state index in [4.69, 9.17) is 4.74 Å². The highest BCUT2D eigenvalue weighted by molar-refractivity contribution is 7.17. The van der Waals surface area contributed by atoms with Gasteiger partial charge in [0.25, 0.3) is 5.91 Å². The Balaban J connectivity index is 1.56. The standard InChI is InChI=1S/C24H31N3O3S/c1-16-9-7-8-14-27(16)15-21(28)26-24-22(17-10-3-6-13-20(17)31-24)23(29)25-18-11-4-5-12-19(18)30-2/h4-5,11-12,16H,3,6-10,13-15H2,1-2H3,(H,25,29)(H,26,28). The molecule has 2 N–H and O–H groups in total. The zero-order chi connectivity index (χ0) is 21.8. The van der Waals surface area contributed by atoms with Crippen LogP contribution < -0.4 is 15.4 Å². The molecule has 1 atom stereocenters. The number of carbonyl (C=O) groups is 2. The summed E-state index contributed by atoms with van der Waals surface area (Å²) in [5.41, 5.74) is 2.33. The number of rotatable bonds is 6. The molecule has 1 aliphatic heterocycles. The van der Waals surface area contributed by atoms with Crippen molar-refractivity contribution in [2.45, 2.75) is 57.9 Å². The number of fused-ring (bicyclic) bond motifs is 1. The maximum absolute atomic E-state index is 13.3. The maximum atomic E-state index is 13.3. The molecule has 31 heavy (non-hydrogen) atoms. The molecular weight excluding hydrogens is 410 g/mol. The van der Waals surface area contributed by atoms with Crippen LogP contribution in [0.5, 0.6) is 5.75 Å². The van der Waals surface area contributed by atoms with Crippen LogP contribution in [-0.4, -0.2) is 43.0 Å². The third kappa shape index (κ3) is 4.93. The maximum Gasteiger partial charge on any atom is 0.259 e. The normalized spacial score (nSPS) is 18.8. The smallest absolute Gasteiger partial charge is 0.259 e. The Kier molecular flexibility index (Phi) is 6.92. The minimum Gasteiger partial charge on any atom is -0.495 e. The van der Waals surface area contributed by atoms with Crippen LogP contribution in [0.15, 0.2) is 24.3 Å². The number of benzene rings is 1. The van der Waals surface area contributed by atoms with Gasteiger partial charge < -0.3 is 15.4 Å². The van der Waals surface area contributed by atoms with Gasteiger partial charge in [0.05, 0.1) is 24.9 Å². The SMILES string of the molecule is COc1ccccc1NC(=O)c1c(NC(=O)CN2CCCCC2C)sc2c1CCCC2. The molecular formula is C24H31N3O3S. The van der Waals surface area contributed by atoms with Crippen LogP contribution in [0.1, 0.15) is 59.8 Å². The van der Waals surface area contributed by atoms with E-state index >= 15 is 0 Å². The predicted molar refractivity (Wildman–Crippen MR) is 125 cm³/mol. The minimum absolute atomic E-state index is 0.0429. The van der Waals surface area contributed by atoms with Crippen LogP contribution in [0.25, 0.3) is 0 Å². The zero-order valence-corrected chi connectivity index (χ0v) is 19.1. The molecule has 2 aromatic rings. The van der Waals surface area contributed by atoms with Gasteiger partial charge in [-0.15, -0.1) is 11.3 Å². The number of nitrogens with one attached hydrogen (secondary N) is 2. The van der Waals surface area contributed by atoms with Gasteiger partial charge in [-0.3, -0.25) is 14.5 Å². The van der Waals surface area contributed by atoms with E-state index in [-0.39, 0.29) is 11.8 Å². The first-order valence-electron chi connectivity index (χ1n) is 11.2. The highest BCUT2D eigenvalue weighted by atomic mass is 32.1. The Morgan fingerprint density at radius 3 is 2.74 bits per heavy atom. The second-order valence-corrected chi connectivity index (χ2v) is 9.54. The fourth-order valence-electron chi connectivity index (χ4n) is 4.57. The van der Waals surface area contributed by atoms with E-state index < -0.39 is 0 Å². The molecule has 1 saturated heterocycles. The van der Waals surface area contributed by atoms with Crippen molar-refractivity contribution < 1.29 is 14.3 Å². The number of anilines is 2. The molecule has 1 aromatic carbocycles. The van der Waals surface area contributed by atoms with Crippen LogP contribution in [-0.2, 0) is 17.6 Å². The summed E-state index contributed by atoms with van der Waals surface area (Å²) in [6.45, 7) is 3.51. The number of likely N-dealkylation sites (tertiary alicyclic amines) is 1. The summed E-state index contributed by atoms with van der Waals surface area (Å²) in [6.07, 6.45) is 7.53. The van der Waals surface area contributed by atoms with Gasteiger partial charge in [-0.1, -0.05) is 18.6 Å². The molecule has 1 fully saturated rings. The highest BCUT2D eigenvalue weighted by Crippen LogP contribution is 2.39. The van der Waals surface area contributed by atoms with Crippen molar-refractivity contribution in [2.75, 3.05) is 30.8 Å². The molecule has 0 spiro atoms. The van der Waals surface area contributed by atoms with Crippen molar-refractivity contribution in [1.29, 1.82) is 0 Å². The van der Waals surface area contributed by atoms with Gasteiger partial charge in [0.2, 0.25) is 5.91 Å². The molecule has 2 aliphatic rings. The molecule has 6 nitrogen and oxygen atoms in total. The van der Waals surface area contributed by atoms with Crippen molar-refractivity contribution in [3.8, 4) is 5.75 Å². The first-order chi connectivity index (χ1) is 15.1. The van der Waals surface area contributed by atoms with E-state index in [2.05, 4.69) is 22.5 Å². The van der Waals surface area contributed by atoms with Crippen molar-refractivity contribution in [1.82, 2.24) is 4.90 Å². The minimum atomic E-state index is -0.189. The number of nitrogens with zero attached hydrogens (tertiary/aromatic N) is 1. The van der Waals surface area contributed by atoms with E-state index in [0.29, 0.717) is 34.6 Å². The zero-order valence-electron chi connectivity index (χ0n) is 18.3. The molecule has 7 heteroatoms. The van der Waals surface area contributed by atoms with E-state index in [1.165, 1.54) is 11.3 Å². The third-order valence-electron chi connectivity index (χ3n) is 6.29. The second-order valence-electron chi connectivity index (χ2n) is 8.43. The van der Waals surface area contributed by atoms with Gasteiger partial charge in [0, 0.05) is 10.9 Å². The number of ether oxygens (including phenoxy) is 1. The molecule has 0 saturated carbocycles. The number of hydrogen-bond donors (Lipinski definition) is 2. The Bertz CT molecular complexity index is 956. The lowest BCUT2D eigenvalue weighted by Crippen LogP contribution is -2.42. The van der Waals surface area contributed by atoms with Gasteiger partial charge >= 0.3 is 0 Å². The van der Waals surface area contributed by atoms with E-state index in [1.54, 1.807) is 18.4 Å². The Morgan fingerprint density at radius 1 is 1.13 bits per heavy atom. The monoisotopic (exact) mass is 441 g/mol. The molecule has 166 valence electrons. The largest absolute Gasteiger partial charge is 0.495 e. The van der Waals surface area contributed by atoms with Crippen LogP contribution >= 0.6 is 11.3 Å². The summed E-state index contributed by atoms with van der Waals surface area (Å²) in [6, 6.07) is 7.80. The Hall–Kier alpha value is -2.38. The molecule has 4 rings (SSSR count). The molecule has 2 amide bonds. The molecule has 1 unspecified atom stereocenters. The number of amides is 2. The topological polar surface area (TPSA) is 70.7 Å². The number of piperidine rings is 1. The summed E-state index contributed by atoms with van der Waals surface area (Å²) in [4.78, 5) is 29.7. The number of thiophene rings is 1. The average Bonchev–Trinajstić information content (AvgIpc) is 3.13. The van der Waals surface area contributed by atoms with Crippen molar-refractivity contribution in [3.05, 3.63) is 40.3 Å². The lowest BCUT2D eigenvalue weighted by molar-refractivity contribution is -0.118. The number of para-hydroxylation sites is 2. The summed E-state index contributed by atoms with van der Waals surface area (Å²) in [5, 5.41) is 6.75. The Morgan fingerprint density at radius 2 is 1.94 bits per heavy atom. The number of hydrogen-bond acceptors (Lipinski definition) is 5. The molecule has 0 radical (unpaired) electrons. The van der Waals surface area contributed by atoms with Gasteiger partial charge in [0.15, 0.2) is 0 Å². The number of carbonyl (C=O) groups excluding carboxylic acids is 2. The first-order valence-corrected chi connectivity index (χ1v) is 12.0. The van der Waals surface area contributed by atoms with Gasteiger partial charge in [0.1, 0.15) is 10.8 Å². The lowest BCUT2D eigenvalue weighted by Gasteiger charge is -2.32. The fourth-order valence-corrected chi connectivity index (χ4v) is 5.87. The van der Waals surface area contributed by atoms with Gasteiger partial charge in [-0.25, -0.2) is 0 Å². The summed E-state index contributed by atoms with van der Waals surface area (Å²) in [7, 11) is 1.59. The van der Waals surface area contributed by atoms with Crippen LogP contribution in [0.4, 0.5) is 10.7 Å². The van der Waals surface area contributed by atoms with Crippen molar-refractivity contribution in [3.63, 3.8) is 0 Å². The molecule has 2 heterocycles. The quantitative estimate of drug-likeness (QED) is 0.682. The predicted octanol–water partition coefficient (Wildman–Crippen LogP) is 4.70. The van der Waals surface area contributed by atoms with Gasteiger partial charge in [-0.05, 0) is 69.7 Å². The van der Waals surface area contributed by atoms with Crippen LogP contribution in [0.2, 0.25) is 0 Å². The lowest BCUT2D eigenvalue weighted by atomic mass is 9.95. The second kappa shape index (κ2) is 9.83. The van der Waals surface area contributed by atoms with E-state index in [0.717, 1.165) is 50.6 Å². The molecule has 1 aromatic heterocycles. The highest BCUT2D eigenvalue weighted by Gasteiger charge is 2.28. The third-order valence-corrected chi connectivity index (χ3v) is 7.50. The van der Waals surface area contributed by atoms with E-state index in [1.807, 2.05) is 24.3 Å². The average molecular weight is 442 g/mol. The fraction of sp³-hybridized carbons (Fsp3) is 0.500. The van der Waals surface area contributed by atoms with Crippen molar-refractivity contribution in [2.24, 2.45) is 0 Å². The molecule has 0 bridgehead atoms.